The summed E-state index contributed by atoms with van der Waals surface area (Å²) in [6.07, 6.45) is -3.38. The Kier molecular flexibility index (Phi) is 4.94. The molecule has 0 aliphatic carbocycles. The van der Waals surface area contributed by atoms with Gasteiger partial charge in [0.25, 0.3) is 0 Å². The predicted molar refractivity (Wildman–Crippen MR) is 78.1 cm³/mol. The molecule has 0 saturated carbocycles. The topological polar surface area (TPSA) is 15.3 Å². The minimum atomic E-state index is -4.27. The van der Waals surface area contributed by atoms with Gasteiger partial charge in [-0.15, -0.1) is 0 Å². The van der Waals surface area contributed by atoms with E-state index in [1.54, 1.807) is 12.1 Å². The molecule has 0 bridgehead atoms. The molecule has 3 atom stereocenters. The third kappa shape index (κ3) is 3.77. The number of alkyl halides is 3. The van der Waals surface area contributed by atoms with Crippen LogP contribution in [0.1, 0.15) is 44.4 Å². The van der Waals surface area contributed by atoms with Crippen molar-refractivity contribution in [1.82, 2.24) is 10.2 Å². The first-order chi connectivity index (χ1) is 9.82. The Morgan fingerprint density at radius 1 is 1.24 bits per heavy atom. The van der Waals surface area contributed by atoms with Gasteiger partial charge >= 0.3 is 6.18 Å². The summed E-state index contributed by atoms with van der Waals surface area (Å²) in [7, 11) is 0. The average molecular weight is 300 g/mol. The van der Waals surface area contributed by atoms with E-state index in [1.165, 1.54) is 12.1 Å². The number of hydrogen-bond acceptors (Lipinski definition) is 2. The van der Waals surface area contributed by atoms with Crippen LogP contribution >= 0.6 is 0 Å². The molecule has 21 heavy (non-hydrogen) atoms. The Morgan fingerprint density at radius 3 is 2.38 bits per heavy atom. The van der Waals surface area contributed by atoms with Crippen molar-refractivity contribution in [3.63, 3.8) is 0 Å². The van der Waals surface area contributed by atoms with Crippen molar-refractivity contribution in [3.05, 3.63) is 35.4 Å². The van der Waals surface area contributed by atoms with Gasteiger partial charge in [-0.2, -0.15) is 13.2 Å². The molecule has 1 aliphatic heterocycles. The van der Waals surface area contributed by atoms with Gasteiger partial charge in [0.05, 0.1) is 5.56 Å². The molecular formula is C16H23F3N2. The van der Waals surface area contributed by atoms with Crippen LogP contribution in [0.2, 0.25) is 0 Å². The van der Waals surface area contributed by atoms with E-state index >= 15 is 0 Å². The molecule has 1 unspecified atom stereocenters. The fraction of sp³-hybridized carbons (Fsp3) is 0.625. The van der Waals surface area contributed by atoms with Crippen molar-refractivity contribution in [2.75, 3.05) is 13.1 Å². The second kappa shape index (κ2) is 6.36. The van der Waals surface area contributed by atoms with Gasteiger partial charge in [0.2, 0.25) is 0 Å². The zero-order valence-corrected chi connectivity index (χ0v) is 12.7. The molecule has 1 N–H and O–H groups in total. The molecule has 0 spiro atoms. The smallest absolute Gasteiger partial charge is 0.311 e. The first-order valence-corrected chi connectivity index (χ1v) is 7.49. The van der Waals surface area contributed by atoms with E-state index in [-0.39, 0.29) is 6.04 Å². The summed E-state index contributed by atoms with van der Waals surface area (Å²) < 4.78 is 38.0. The quantitative estimate of drug-likeness (QED) is 0.912. The molecule has 1 saturated heterocycles. The van der Waals surface area contributed by atoms with Crippen molar-refractivity contribution in [2.24, 2.45) is 0 Å². The first-order valence-electron chi connectivity index (χ1n) is 7.49. The molecule has 0 radical (unpaired) electrons. The van der Waals surface area contributed by atoms with Crippen LogP contribution in [-0.4, -0.2) is 30.1 Å². The van der Waals surface area contributed by atoms with E-state index in [0.29, 0.717) is 12.1 Å². The summed E-state index contributed by atoms with van der Waals surface area (Å²) in [5, 5.41) is 3.43. The monoisotopic (exact) mass is 300 g/mol. The molecule has 0 aromatic heterocycles. The molecule has 1 aromatic carbocycles. The second-order valence-corrected chi connectivity index (χ2v) is 5.90. The zero-order valence-electron chi connectivity index (χ0n) is 12.7. The summed E-state index contributed by atoms with van der Waals surface area (Å²) in [6, 6.07) is 6.58. The number of nitrogens with zero attached hydrogens (tertiary/aromatic N) is 1. The third-order valence-electron chi connectivity index (χ3n) is 4.22. The highest BCUT2D eigenvalue weighted by atomic mass is 19.4. The molecule has 2 nitrogen and oxygen atoms in total. The van der Waals surface area contributed by atoms with E-state index in [4.69, 9.17) is 0 Å². The Morgan fingerprint density at radius 2 is 1.86 bits per heavy atom. The maximum Gasteiger partial charge on any atom is 0.416 e. The normalized spacial score (nSPS) is 25.8. The first kappa shape index (κ1) is 16.3. The zero-order chi connectivity index (χ0) is 15.6. The van der Waals surface area contributed by atoms with E-state index in [0.717, 1.165) is 25.1 Å². The number of piperazine rings is 1. The minimum absolute atomic E-state index is 0.173. The maximum atomic E-state index is 12.7. The van der Waals surface area contributed by atoms with Crippen LogP contribution in [0.25, 0.3) is 0 Å². The molecule has 1 aromatic rings. The van der Waals surface area contributed by atoms with Crippen LogP contribution in [0.3, 0.4) is 0 Å². The van der Waals surface area contributed by atoms with Gasteiger partial charge in [0, 0.05) is 31.2 Å². The van der Waals surface area contributed by atoms with E-state index in [9.17, 15) is 13.2 Å². The molecule has 0 amide bonds. The van der Waals surface area contributed by atoms with E-state index in [2.05, 4.69) is 31.0 Å². The summed E-state index contributed by atoms with van der Waals surface area (Å²) in [6.45, 7) is 8.21. The Balaban J connectivity index is 2.20. The van der Waals surface area contributed by atoms with Gasteiger partial charge in [0.15, 0.2) is 0 Å². The van der Waals surface area contributed by atoms with Crippen LogP contribution in [0.5, 0.6) is 0 Å². The van der Waals surface area contributed by atoms with E-state index < -0.39 is 11.7 Å². The lowest BCUT2D eigenvalue weighted by Crippen LogP contribution is -2.55. The summed E-state index contributed by atoms with van der Waals surface area (Å²) in [4.78, 5) is 2.39. The summed E-state index contributed by atoms with van der Waals surface area (Å²) >= 11 is 0. The van der Waals surface area contributed by atoms with Crippen LogP contribution in [0, 0.1) is 0 Å². The summed E-state index contributed by atoms with van der Waals surface area (Å²) in [5.74, 6) is 0. The Labute approximate surface area is 124 Å². The van der Waals surface area contributed by atoms with Crippen molar-refractivity contribution in [3.8, 4) is 0 Å². The molecule has 1 fully saturated rings. The van der Waals surface area contributed by atoms with Crippen LogP contribution in [0.15, 0.2) is 24.3 Å². The van der Waals surface area contributed by atoms with Gasteiger partial charge in [-0.25, -0.2) is 0 Å². The standard InChI is InChI=1S/C16H23F3N2/c1-4-15(21-10-11(2)20-9-12(21)3)13-5-7-14(8-6-13)16(17,18)19/h5-8,11-12,15,20H,4,9-10H2,1-3H3/t11-,12+,15?/m0/s1. The van der Waals surface area contributed by atoms with Crippen LogP contribution in [-0.2, 0) is 6.18 Å². The fourth-order valence-electron chi connectivity index (χ4n) is 3.04. The average Bonchev–Trinajstić information content (AvgIpc) is 2.43. The summed E-state index contributed by atoms with van der Waals surface area (Å²) in [5.41, 5.74) is 0.384. The van der Waals surface area contributed by atoms with Gasteiger partial charge < -0.3 is 5.32 Å². The van der Waals surface area contributed by atoms with Crippen molar-refractivity contribution < 1.29 is 13.2 Å². The number of halogens is 3. The highest BCUT2D eigenvalue weighted by Crippen LogP contribution is 2.32. The number of rotatable bonds is 3. The Hall–Kier alpha value is -1.07. The van der Waals surface area contributed by atoms with Crippen molar-refractivity contribution in [1.29, 1.82) is 0 Å². The lowest BCUT2D eigenvalue weighted by Gasteiger charge is -2.42. The van der Waals surface area contributed by atoms with Crippen molar-refractivity contribution >= 4 is 0 Å². The highest BCUT2D eigenvalue weighted by molar-refractivity contribution is 5.27. The fourth-order valence-corrected chi connectivity index (χ4v) is 3.04. The van der Waals surface area contributed by atoms with Crippen molar-refractivity contribution in [2.45, 2.75) is 51.5 Å². The van der Waals surface area contributed by atoms with Gasteiger partial charge in [0.1, 0.15) is 0 Å². The number of nitrogens with one attached hydrogen (secondary N) is 1. The Bertz CT molecular complexity index is 456. The van der Waals surface area contributed by atoms with Gasteiger partial charge in [-0.05, 0) is 38.0 Å². The predicted octanol–water partition coefficient (Wildman–Crippen LogP) is 3.84. The molecule has 1 heterocycles. The molecule has 118 valence electrons. The largest absolute Gasteiger partial charge is 0.416 e. The lowest BCUT2D eigenvalue weighted by atomic mass is 9.97. The maximum absolute atomic E-state index is 12.7. The van der Waals surface area contributed by atoms with Gasteiger partial charge in [-0.1, -0.05) is 19.1 Å². The van der Waals surface area contributed by atoms with Gasteiger partial charge in [-0.3, -0.25) is 4.90 Å². The van der Waals surface area contributed by atoms with E-state index in [1.807, 2.05) is 0 Å². The SMILES string of the molecule is CCC(c1ccc(C(F)(F)F)cc1)N1C[C@H](C)NC[C@H]1C. The highest BCUT2D eigenvalue weighted by Gasteiger charge is 2.32. The van der Waals surface area contributed by atoms with Crippen LogP contribution < -0.4 is 5.32 Å². The molecule has 5 heteroatoms. The molecule has 2 rings (SSSR count). The minimum Gasteiger partial charge on any atom is -0.311 e. The third-order valence-corrected chi connectivity index (χ3v) is 4.22. The number of hydrogen-bond donors (Lipinski definition) is 1. The lowest BCUT2D eigenvalue weighted by molar-refractivity contribution is -0.137. The second-order valence-electron chi connectivity index (χ2n) is 5.90. The molecule has 1 aliphatic rings. The molecular weight excluding hydrogens is 277 g/mol. The van der Waals surface area contributed by atoms with Crippen LogP contribution in [0.4, 0.5) is 13.2 Å². The number of benzene rings is 1.